The van der Waals surface area contributed by atoms with Gasteiger partial charge in [0, 0.05) is 11.0 Å². The number of nitrogens with one attached hydrogen (secondary N) is 1. The van der Waals surface area contributed by atoms with E-state index >= 15 is 0 Å². The minimum atomic E-state index is -0.366. The zero-order valence-corrected chi connectivity index (χ0v) is 16.5. The van der Waals surface area contributed by atoms with E-state index in [2.05, 4.69) is 21.2 Å². The molecule has 2 aromatic rings. The molecule has 1 atom stereocenters. The highest BCUT2D eigenvalue weighted by molar-refractivity contribution is 9.10. The van der Waals surface area contributed by atoms with Crippen LogP contribution in [0.15, 0.2) is 59.1 Å². The van der Waals surface area contributed by atoms with E-state index in [9.17, 15) is 9.59 Å². The van der Waals surface area contributed by atoms with Gasteiger partial charge in [-0.2, -0.15) is 0 Å². The quantitative estimate of drug-likeness (QED) is 0.668. The minimum Gasteiger partial charge on any atom is -0.468 e. The van der Waals surface area contributed by atoms with Crippen molar-refractivity contribution in [1.29, 1.82) is 0 Å². The highest BCUT2D eigenvalue weighted by Gasteiger charge is 2.17. The normalized spacial score (nSPS) is 11.8. The molecule has 0 spiro atoms. The van der Waals surface area contributed by atoms with Crippen LogP contribution in [0.2, 0.25) is 0 Å². The topological polar surface area (TPSA) is 58.6 Å². The second kappa shape index (κ2) is 10.1. The molecule has 1 amide bonds. The number of carbonyl (C=O) groups excluding carboxylic acids is 2. The summed E-state index contributed by atoms with van der Waals surface area (Å²) in [5.41, 5.74) is 2.05. The van der Waals surface area contributed by atoms with Crippen molar-refractivity contribution in [2.45, 2.75) is 19.5 Å². The Kier molecular flexibility index (Phi) is 7.81. The fourth-order valence-electron chi connectivity index (χ4n) is 2.58. The lowest BCUT2D eigenvalue weighted by atomic mass is 10.1. The molecule has 1 unspecified atom stereocenters. The standard InChI is InChI=1S/C20H23BrN2O3/c1-15(17-8-10-18(21)11-9-17)22-19(24)13-23(14-20(25)26-2)12-16-6-4-3-5-7-16/h3-11,15H,12-14H2,1-2H3,(H,22,24). The van der Waals surface area contributed by atoms with E-state index in [0.717, 1.165) is 15.6 Å². The van der Waals surface area contributed by atoms with E-state index in [1.807, 2.05) is 61.5 Å². The zero-order valence-electron chi connectivity index (χ0n) is 14.9. The number of esters is 1. The average Bonchev–Trinajstić information content (AvgIpc) is 2.62. The van der Waals surface area contributed by atoms with Gasteiger partial charge in [0.25, 0.3) is 0 Å². The zero-order chi connectivity index (χ0) is 18.9. The molecule has 0 radical (unpaired) electrons. The number of halogens is 1. The number of rotatable bonds is 8. The van der Waals surface area contributed by atoms with Crippen LogP contribution < -0.4 is 5.32 Å². The Morgan fingerprint density at radius 3 is 2.35 bits per heavy atom. The minimum absolute atomic E-state index is 0.0610. The van der Waals surface area contributed by atoms with Crippen LogP contribution in [0.3, 0.4) is 0 Å². The lowest BCUT2D eigenvalue weighted by molar-refractivity contribution is -0.142. The second-order valence-electron chi connectivity index (χ2n) is 6.05. The molecule has 0 saturated heterocycles. The second-order valence-corrected chi connectivity index (χ2v) is 6.96. The Labute approximate surface area is 162 Å². The van der Waals surface area contributed by atoms with Crippen molar-refractivity contribution in [3.05, 3.63) is 70.2 Å². The van der Waals surface area contributed by atoms with Crippen LogP contribution >= 0.6 is 15.9 Å². The fraction of sp³-hybridized carbons (Fsp3) is 0.300. The molecule has 5 nitrogen and oxygen atoms in total. The first-order valence-corrected chi connectivity index (χ1v) is 9.15. The smallest absolute Gasteiger partial charge is 0.319 e. The molecule has 138 valence electrons. The molecule has 0 fully saturated rings. The Morgan fingerprint density at radius 1 is 1.08 bits per heavy atom. The predicted molar refractivity (Wildman–Crippen MR) is 104 cm³/mol. The van der Waals surface area contributed by atoms with Gasteiger partial charge in [0.1, 0.15) is 0 Å². The SMILES string of the molecule is COC(=O)CN(CC(=O)NC(C)c1ccc(Br)cc1)Cc1ccccc1. The van der Waals surface area contributed by atoms with Crippen LogP contribution in [0.4, 0.5) is 0 Å². The highest BCUT2D eigenvalue weighted by Crippen LogP contribution is 2.16. The van der Waals surface area contributed by atoms with Gasteiger partial charge in [-0.15, -0.1) is 0 Å². The third kappa shape index (κ3) is 6.61. The first-order valence-electron chi connectivity index (χ1n) is 8.36. The van der Waals surface area contributed by atoms with Gasteiger partial charge in [-0.25, -0.2) is 0 Å². The largest absolute Gasteiger partial charge is 0.468 e. The van der Waals surface area contributed by atoms with Crippen LogP contribution in [0, 0.1) is 0 Å². The Morgan fingerprint density at radius 2 is 1.73 bits per heavy atom. The number of methoxy groups -OCH3 is 1. The molecule has 0 aromatic heterocycles. The van der Waals surface area contributed by atoms with Crippen molar-refractivity contribution < 1.29 is 14.3 Å². The summed E-state index contributed by atoms with van der Waals surface area (Å²) in [6, 6.07) is 17.4. The fourth-order valence-corrected chi connectivity index (χ4v) is 2.85. The van der Waals surface area contributed by atoms with Crippen LogP contribution in [-0.2, 0) is 20.9 Å². The number of nitrogens with zero attached hydrogens (tertiary/aromatic N) is 1. The van der Waals surface area contributed by atoms with Crippen molar-refractivity contribution in [2.75, 3.05) is 20.2 Å². The highest BCUT2D eigenvalue weighted by atomic mass is 79.9. The molecule has 2 rings (SSSR count). The number of hydrogen-bond acceptors (Lipinski definition) is 4. The summed E-state index contributed by atoms with van der Waals surface area (Å²) in [4.78, 5) is 25.9. The Balaban J connectivity index is 1.97. The molecule has 2 aromatic carbocycles. The van der Waals surface area contributed by atoms with E-state index in [1.165, 1.54) is 7.11 Å². The first kappa shape index (κ1) is 20.1. The number of amides is 1. The van der Waals surface area contributed by atoms with Crippen molar-refractivity contribution in [1.82, 2.24) is 10.2 Å². The van der Waals surface area contributed by atoms with Gasteiger partial charge in [0.05, 0.1) is 26.2 Å². The van der Waals surface area contributed by atoms with E-state index < -0.39 is 0 Å². The van der Waals surface area contributed by atoms with Gasteiger partial charge >= 0.3 is 5.97 Å². The summed E-state index contributed by atoms with van der Waals surface area (Å²) in [5, 5.41) is 2.98. The third-order valence-corrected chi connectivity index (χ3v) is 4.47. The molecule has 0 aliphatic rings. The van der Waals surface area contributed by atoms with Gasteiger partial charge in [-0.1, -0.05) is 58.4 Å². The maximum absolute atomic E-state index is 12.5. The molecule has 0 bridgehead atoms. The molecule has 26 heavy (non-hydrogen) atoms. The van der Waals surface area contributed by atoms with Crippen molar-refractivity contribution >= 4 is 27.8 Å². The van der Waals surface area contributed by atoms with Gasteiger partial charge in [0.15, 0.2) is 0 Å². The third-order valence-electron chi connectivity index (χ3n) is 3.94. The molecule has 6 heteroatoms. The average molecular weight is 419 g/mol. The molecular weight excluding hydrogens is 396 g/mol. The van der Waals surface area contributed by atoms with Crippen molar-refractivity contribution in [3.63, 3.8) is 0 Å². The lowest BCUT2D eigenvalue weighted by Crippen LogP contribution is -2.40. The molecule has 0 aliphatic carbocycles. The summed E-state index contributed by atoms with van der Waals surface area (Å²) in [5.74, 6) is -0.505. The van der Waals surface area contributed by atoms with Crippen molar-refractivity contribution in [3.8, 4) is 0 Å². The molecular formula is C20H23BrN2O3. The maximum atomic E-state index is 12.5. The van der Waals surface area contributed by atoms with Gasteiger partial charge in [0.2, 0.25) is 5.91 Å². The first-order chi connectivity index (χ1) is 12.5. The Hall–Kier alpha value is -2.18. The summed E-state index contributed by atoms with van der Waals surface area (Å²) in [7, 11) is 1.35. The number of carbonyl (C=O) groups is 2. The molecule has 0 heterocycles. The van der Waals surface area contributed by atoms with Gasteiger partial charge in [-0.3, -0.25) is 14.5 Å². The molecule has 1 N–H and O–H groups in total. The number of hydrogen-bond donors (Lipinski definition) is 1. The predicted octanol–water partition coefficient (Wildman–Crippen LogP) is 3.30. The molecule has 0 aliphatic heterocycles. The van der Waals surface area contributed by atoms with E-state index in [0.29, 0.717) is 6.54 Å². The lowest BCUT2D eigenvalue weighted by Gasteiger charge is -2.22. The Bertz CT molecular complexity index is 720. The van der Waals surface area contributed by atoms with Crippen LogP contribution in [0.5, 0.6) is 0 Å². The van der Waals surface area contributed by atoms with E-state index in [-0.39, 0.29) is 31.0 Å². The molecule has 0 saturated carbocycles. The van der Waals surface area contributed by atoms with Crippen LogP contribution in [0.25, 0.3) is 0 Å². The van der Waals surface area contributed by atoms with Gasteiger partial charge < -0.3 is 10.1 Å². The van der Waals surface area contributed by atoms with Crippen LogP contribution in [0.1, 0.15) is 24.1 Å². The monoisotopic (exact) mass is 418 g/mol. The summed E-state index contributed by atoms with van der Waals surface area (Å²) >= 11 is 3.40. The van der Waals surface area contributed by atoms with Gasteiger partial charge in [-0.05, 0) is 30.2 Å². The summed E-state index contributed by atoms with van der Waals surface area (Å²) in [6.07, 6.45) is 0. The summed E-state index contributed by atoms with van der Waals surface area (Å²) < 4.78 is 5.74. The van der Waals surface area contributed by atoms with Crippen molar-refractivity contribution in [2.24, 2.45) is 0 Å². The maximum Gasteiger partial charge on any atom is 0.319 e. The van der Waals surface area contributed by atoms with E-state index in [4.69, 9.17) is 4.74 Å². The summed E-state index contributed by atoms with van der Waals surface area (Å²) in [6.45, 7) is 2.61. The number of benzene rings is 2. The van der Waals surface area contributed by atoms with Crippen LogP contribution in [-0.4, -0.2) is 37.0 Å². The number of ether oxygens (including phenoxy) is 1. The van der Waals surface area contributed by atoms with E-state index in [1.54, 1.807) is 4.90 Å².